The molecule has 0 aromatic rings. The van der Waals surface area contributed by atoms with Crippen molar-refractivity contribution in [3.8, 4) is 0 Å². The van der Waals surface area contributed by atoms with Crippen LogP contribution in [0.3, 0.4) is 0 Å². The van der Waals surface area contributed by atoms with Gasteiger partial charge in [-0.1, -0.05) is 32.4 Å². The molecule has 0 radical (unpaired) electrons. The molecule has 0 fully saturated rings. The van der Waals surface area contributed by atoms with Crippen LogP contribution in [-0.2, 0) is 9.59 Å². The fraction of sp³-hybridized carbons (Fsp3) is 0.778. The van der Waals surface area contributed by atoms with Crippen molar-refractivity contribution >= 4 is 12.3 Å². The van der Waals surface area contributed by atoms with Crippen LogP contribution in [0.1, 0.15) is 52.4 Å². The summed E-state index contributed by atoms with van der Waals surface area (Å²) in [6.45, 7) is 6.93. The van der Waals surface area contributed by atoms with Crippen molar-refractivity contribution in [1.82, 2.24) is 4.90 Å². The van der Waals surface area contributed by atoms with Gasteiger partial charge in [0.2, 0.25) is 0 Å². The van der Waals surface area contributed by atoms with Crippen LogP contribution in [0, 0.1) is 11.3 Å². The van der Waals surface area contributed by atoms with E-state index >= 15 is 0 Å². The molecular formula is C18H31NO4. The molecule has 2 N–H and O–H groups in total. The number of aliphatic hydroxyl groups excluding tert-OH is 1. The Kier molecular flexibility index (Phi) is 8.48. The van der Waals surface area contributed by atoms with Gasteiger partial charge in [0.05, 0.1) is 12.0 Å². The molecule has 1 aliphatic heterocycles. The summed E-state index contributed by atoms with van der Waals surface area (Å²) in [6, 6.07) is 0. The summed E-state index contributed by atoms with van der Waals surface area (Å²) in [7, 11) is 0. The van der Waals surface area contributed by atoms with Crippen molar-refractivity contribution in [3.63, 3.8) is 0 Å². The monoisotopic (exact) mass is 325 g/mol. The number of nitrogens with zero attached hydrogens (tertiary/aromatic N) is 1. The summed E-state index contributed by atoms with van der Waals surface area (Å²) < 4.78 is 0. The van der Waals surface area contributed by atoms with Crippen LogP contribution >= 0.6 is 0 Å². The quantitative estimate of drug-likeness (QED) is 0.427. The highest BCUT2D eigenvalue weighted by Gasteiger charge is 2.22. The Balaban J connectivity index is 2.53. The number of carboxylic acids is 1. The minimum absolute atomic E-state index is 0.000122. The van der Waals surface area contributed by atoms with Gasteiger partial charge in [-0.15, -0.1) is 0 Å². The summed E-state index contributed by atoms with van der Waals surface area (Å²) in [5.74, 6) is -1.16. The Morgan fingerprint density at radius 3 is 2.70 bits per heavy atom. The number of aliphatic hydroxyl groups is 1. The highest BCUT2D eigenvalue weighted by molar-refractivity contribution is 5.66. The Labute approximate surface area is 139 Å². The van der Waals surface area contributed by atoms with E-state index in [-0.39, 0.29) is 11.8 Å². The molecule has 0 aromatic heterocycles. The zero-order chi connectivity index (χ0) is 17.3. The third-order valence-corrected chi connectivity index (χ3v) is 4.55. The van der Waals surface area contributed by atoms with Crippen LogP contribution in [0.5, 0.6) is 0 Å². The number of carboxylic acid groups (broad SMARTS) is 1. The van der Waals surface area contributed by atoms with Crippen molar-refractivity contribution in [3.05, 3.63) is 12.2 Å². The molecule has 2 unspecified atom stereocenters. The summed E-state index contributed by atoms with van der Waals surface area (Å²) in [4.78, 5) is 24.0. The molecule has 23 heavy (non-hydrogen) atoms. The topological polar surface area (TPSA) is 77.8 Å². The number of unbranched alkanes of at least 4 members (excludes halogenated alkanes) is 2. The molecule has 0 aliphatic carbocycles. The molecule has 1 heterocycles. The predicted octanol–water partition coefficient (Wildman–Crippen LogP) is 2.49. The molecule has 5 heteroatoms. The van der Waals surface area contributed by atoms with Gasteiger partial charge in [-0.3, -0.25) is 4.79 Å². The first-order valence-electron chi connectivity index (χ1n) is 8.61. The van der Waals surface area contributed by atoms with E-state index in [9.17, 15) is 14.7 Å². The van der Waals surface area contributed by atoms with Gasteiger partial charge in [0.1, 0.15) is 6.29 Å². The second-order valence-electron chi connectivity index (χ2n) is 7.21. The highest BCUT2D eigenvalue weighted by Crippen LogP contribution is 2.25. The number of allylic oxidation sites excluding steroid dienone is 1. The van der Waals surface area contributed by atoms with Crippen LogP contribution in [0.2, 0.25) is 0 Å². The maximum absolute atomic E-state index is 11.2. The highest BCUT2D eigenvalue weighted by atomic mass is 16.4. The van der Waals surface area contributed by atoms with E-state index < -0.39 is 18.0 Å². The number of aldehydes is 1. The minimum atomic E-state index is -0.736. The lowest BCUT2D eigenvalue weighted by Crippen LogP contribution is -2.34. The van der Waals surface area contributed by atoms with E-state index in [0.717, 1.165) is 45.2 Å². The van der Waals surface area contributed by atoms with E-state index in [1.165, 1.54) is 0 Å². The SMILES string of the molecule is CC1(C)/C=C/C(C=O)C(O)CCN(CCCCCC(=O)O)CC1. The second-order valence-corrected chi connectivity index (χ2v) is 7.21. The summed E-state index contributed by atoms with van der Waals surface area (Å²) in [6.07, 6.45) is 8.50. The Bertz CT molecular complexity index is 406. The van der Waals surface area contributed by atoms with Crippen LogP contribution in [0.4, 0.5) is 0 Å². The molecule has 5 nitrogen and oxygen atoms in total. The van der Waals surface area contributed by atoms with Crippen molar-refractivity contribution in [2.24, 2.45) is 11.3 Å². The standard InChI is InChI=1S/C18H31NO4/c1-18(2)9-7-15(14-20)16(21)8-12-19(13-10-18)11-5-3-4-6-17(22)23/h7,9,14-16,21H,3-6,8,10-13H2,1-2H3,(H,22,23)/b9-7+. The fourth-order valence-electron chi connectivity index (χ4n) is 2.80. The molecule has 2 atom stereocenters. The molecular weight excluding hydrogens is 294 g/mol. The summed E-state index contributed by atoms with van der Waals surface area (Å²) in [5.41, 5.74) is -0.000122. The van der Waals surface area contributed by atoms with E-state index in [1.54, 1.807) is 0 Å². The Morgan fingerprint density at radius 2 is 2.04 bits per heavy atom. The fourth-order valence-corrected chi connectivity index (χ4v) is 2.80. The first-order chi connectivity index (χ1) is 10.8. The van der Waals surface area contributed by atoms with Gasteiger partial charge in [0, 0.05) is 13.0 Å². The predicted molar refractivity (Wildman–Crippen MR) is 90.3 cm³/mol. The summed E-state index contributed by atoms with van der Waals surface area (Å²) >= 11 is 0. The van der Waals surface area contributed by atoms with Gasteiger partial charge >= 0.3 is 5.97 Å². The molecule has 1 aliphatic rings. The van der Waals surface area contributed by atoms with Crippen LogP contribution < -0.4 is 0 Å². The lowest BCUT2D eigenvalue weighted by atomic mass is 9.85. The van der Waals surface area contributed by atoms with Crippen LogP contribution in [0.25, 0.3) is 0 Å². The zero-order valence-electron chi connectivity index (χ0n) is 14.4. The zero-order valence-corrected chi connectivity index (χ0v) is 14.4. The number of carbonyl (C=O) groups is 2. The van der Waals surface area contributed by atoms with Crippen molar-refractivity contribution in [2.75, 3.05) is 19.6 Å². The van der Waals surface area contributed by atoms with Crippen LogP contribution in [-0.4, -0.2) is 53.1 Å². The molecule has 1 rings (SSSR count). The number of carbonyl (C=O) groups excluding carboxylic acids is 1. The smallest absolute Gasteiger partial charge is 0.303 e. The number of aliphatic carboxylic acids is 1. The van der Waals surface area contributed by atoms with E-state index in [0.29, 0.717) is 12.8 Å². The molecule has 0 bridgehead atoms. The van der Waals surface area contributed by atoms with Crippen LogP contribution in [0.15, 0.2) is 12.2 Å². The van der Waals surface area contributed by atoms with Crippen molar-refractivity contribution in [2.45, 2.75) is 58.5 Å². The Morgan fingerprint density at radius 1 is 1.30 bits per heavy atom. The minimum Gasteiger partial charge on any atom is -0.481 e. The average Bonchev–Trinajstić information content (AvgIpc) is 2.48. The van der Waals surface area contributed by atoms with Crippen molar-refractivity contribution < 1.29 is 19.8 Å². The van der Waals surface area contributed by atoms with Gasteiger partial charge in [0.25, 0.3) is 0 Å². The number of rotatable bonds is 7. The second kappa shape index (κ2) is 9.83. The third-order valence-electron chi connectivity index (χ3n) is 4.55. The molecule has 132 valence electrons. The van der Waals surface area contributed by atoms with Gasteiger partial charge in [0.15, 0.2) is 0 Å². The van der Waals surface area contributed by atoms with Crippen molar-refractivity contribution in [1.29, 1.82) is 0 Å². The molecule has 0 aromatic carbocycles. The third kappa shape index (κ3) is 8.28. The molecule has 0 amide bonds. The summed E-state index contributed by atoms with van der Waals surface area (Å²) in [5, 5.41) is 18.8. The molecule has 0 saturated heterocycles. The number of hydrogen-bond donors (Lipinski definition) is 2. The largest absolute Gasteiger partial charge is 0.481 e. The Hall–Kier alpha value is -1.20. The molecule has 0 saturated carbocycles. The molecule has 0 spiro atoms. The normalized spacial score (nSPS) is 27.3. The average molecular weight is 325 g/mol. The maximum Gasteiger partial charge on any atom is 0.303 e. The number of hydrogen-bond acceptors (Lipinski definition) is 4. The van der Waals surface area contributed by atoms with Gasteiger partial charge < -0.3 is 19.9 Å². The first-order valence-corrected chi connectivity index (χ1v) is 8.61. The lowest BCUT2D eigenvalue weighted by Gasteiger charge is -2.30. The van der Waals surface area contributed by atoms with E-state index in [4.69, 9.17) is 5.11 Å². The van der Waals surface area contributed by atoms with Gasteiger partial charge in [-0.2, -0.15) is 0 Å². The first kappa shape index (κ1) is 19.8. The lowest BCUT2D eigenvalue weighted by molar-refractivity contribution is -0.137. The van der Waals surface area contributed by atoms with E-state index in [2.05, 4.69) is 18.7 Å². The van der Waals surface area contributed by atoms with Gasteiger partial charge in [-0.05, 0) is 44.2 Å². The van der Waals surface area contributed by atoms with E-state index in [1.807, 2.05) is 12.2 Å². The van der Waals surface area contributed by atoms with Gasteiger partial charge in [-0.25, -0.2) is 0 Å². The maximum atomic E-state index is 11.2.